The molecule has 0 aliphatic carbocycles. The van der Waals surface area contributed by atoms with E-state index < -0.39 is 32.0 Å². The number of rotatable bonds is 7. The van der Waals surface area contributed by atoms with Crippen LogP contribution in [0.1, 0.15) is 43.6 Å². The van der Waals surface area contributed by atoms with Crippen LogP contribution in [0.4, 0.5) is 0 Å². The van der Waals surface area contributed by atoms with Crippen LogP contribution < -0.4 is 4.72 Å². The Morgan fingerprint density at radius 2 is 1.86 bits per heavy atom. The summed E-state index contributed by atoms with van der Waals surface area (Å²) in [6, 6.07) is 15.8. The monoisotopic (exact) mass is 545 g/mol. The quantitative estimate of drug-likeness (QED) is 0.301. The van der Waals surface area contributed by atoms with E-state index in [4.69, 9.17) is 16.1 Å². The van der Waals surface area contributed by atoms with Crippen LogP contribution in [0.25, 0.3) is 22.2 Å². The third kappa shape index (κ3) is 5.76. The molecule has 0 spiro atoms. The molecule has 4 aromatic rings. The van der Waals surface area contributed by atoms with E-state index in [-0.39, 0.29) is 5.03 Å². The first-order valence-corrected chi connectivity index (χ1v) is 14.8. The molecule has 7 nitrogen and oxygen atoms in total. The van der Waals surface area contributed by atoms with Crippen LogP contribution in [-0.2, 0) is 27.6 Å². The van der Waals surface area contributed by atoms with Gasteiger partial charge in [0.25, 0.3) is 0 Å². The van der Waals surface area contributed by atoms with E-state index >= 15 is 0 Å². The van der Waals surface area contributed by atoms with Gasteiger partial charge >= 0.3 is 0 Å². The Bertz CT molecular complexity index is 1510. The zero-order valence-corrected chi connectivity index (χ0v) is 23.1. The van der Waals surface area contributed by atoms with Crippen molar-refractivity contribution in [3.63, 3.8) is 0 Å². The van der Waals surface area contributed by atoms with Crippen molar-refractivity contribution in [2.24, 2.45) is 0 Å². The molecule has 0 bridgehead atoms. The minimum absolute atomic E-state index is 0.00597. The molecule has 0 amide bonds. The Morgan fingerprint density at radius 1 is 1.14 bits per heavy atom. The summed E-state index contributed by atoms with van der Waals surface area (Å²) < 4.78 is 45.9. The second kappa shape index (κ2) is 10.1. The molecule has 4 rings (SSSR count). The van der Waals surface area contributed by atoms with Crippen molar-refractivity contribution in [3.05, 3.63) is 76.4 Å². The Morgan fingerprint density at radius 3 is 2.56 bits per heavy atom. The van der Waals surface area contributed by atoms with Gasteiger partial charge in [0, 0.05) is 51.8 Å². The van der Waals surface area contributed by atoms with Crippen LogP contribution >= 0.6 is 11.6 Å². The van der Waals surface area contributed by atoms with Gasteiger partial charge in [0.2, 0.25) is 0 Å². The highest BCUT2D eigenvalue weighted by Gasteiger charge is 2.32. The molecular formula is C26H28ClN3O4S2. The van der Waals surface area contributed by atoms with E-state index in [1.807, 2.05) is 58.0 Å². The third-order valence-electron chi connectivity index (χ3n) is 5.78. The van der Waals surface area contributed by atoms with Gasteiger partial charge in [-0.25, -0.2) is 13.4 Å². The third-order valence-corrected chi connectivity index (χ3v) is 8.62. The summed E-state index contributed by atoms with van der Waals surface area (Å²) in [7, 11) is -3.48. The average Bonchev–Trinajstić information content (AvgIpc) is 3.21. The van der Waals surface area contributed by atoms with E-state index in [9.17, 15) is 13.0 Å². The number of fused-ring (bicyclic) bond motifs is 1. The van der Waals surface area contributed by atoms with Crippen LogP contribution in [0.15, 0.2) is 64.1 Å². The van der Waals surface area contributed by atoms with Gasteiger partial charge in [-0.2, -0.15) is 0 Å². The summed E-state index contributed by atoms with van der Waals surface area (Å²) in [5.74, 6) is 0. The molecule has 2 atom stereocenters. The lowest BCUT2D eigenvalue weighted by atomic mass is 9.93. The number of hydrogen-bond acceptors (Lipinski definition) is 7. The van der Waals surface area contributed by atoms with Crippen LogP contribution in [0.3, 0.4) is 0 Å². The maximum atomic E-state index is 13.2. The van der Waals surface area contributed by atoms with Crippen LogP contribution in [0.5, 0.6) is 0 Å². The Hall–Kier alpha value is -2.43. The van der Waals surface area contributed by atoms with Crippen molar-refractivity contribution in [1.29, 1.82) is 0 Å². The molecule has 2 aromatic carbocycles. The molecule has 2 heterocycles. The predicted octanol–water partition coefficient (Wildman–Crippen LogP) is 5.59. The first-order chi connectivity index (χ1) is 16.8. The number of nitrogens with zero attached hydrogens (tertiary/aromatic N) is 2. The van der Waals surface area contributed by atoms with E-state index in [2.05, 4.69) is 14.9 Å². The number of pyridine rings is 1. The fraction of sp³-hybridized carbons (Fsp3) is 0.308. The lowest BCUT2D eigenvalue weighted by Gasteiger charge is -2.29. The van der Waals surface area contributed by atoms with E-state index in [0.29, 0.717) is 28.4 Å². The number of sulfone groups is 1. The van der Waals surface area contributed by atoms with Crippen molar-refractivity contribution >= 4 is 43.8 Å². The van der Waals surface area contributed by atoms with Gasteiger partial charge in [0.05, 0.1) is 6.04 Å². The lowest BCUT2D eigenvalue weighted by Crippen LogP contribution is -2.42. The van der Waals surface area contributed by atoms with Gasteiger partial charge < -0.3 is 9.08 Å². The van der Waals surface area contributed by atoms with Crippen molar-refractivity contribution < 1.29 is 17.5 Å². The summed E-state index contributed by atoms with van der Waals surface area (Å²) in [5, 5.41) is 5.67. The van der Waals surface area contributed by atoms with Gasteiger partial charge in [-0.1, -0.05) is 47.1 Å². The van der Waals surface area contributed by atoms with Gasteiger partial charge in [0.1, 0.15) is 10.4 Å². The molecule has 0 fully saturated rings. The highest BCUT2D eigenvalue weighted by molar-refractivity contribution is 7.91. The van der Waals surface area contributed by atoms with E-state index in [1.54, 1.807) is 18.2 Å². The molecule has 1 unspecified atom stereocenters. The summed E-state index contributed by atoms with van der Waals surface area (Å²) in [4.78, 5) is 4.45. The molecule has 0 saturated carbocycles. The molecule has 2 aromatic heterocycles. The average molecular weight is 546 g/mol. The highest BCUT2D eigenvalue weighted by atomic mass is 35.5. The molecular weight excluding hydrogens is 518 g/mol. The number of aryl methyl sites for hydroxylation is 1. The van der Waals surface area contributed by atoms with Crippen LogP contribution in [-0.4, -0.2) is 34.1 Å². The molecule has 0 saturated heterocycles. The zero-order valence-electron chi connectivity index (χ0n) is 20.7. The Labute approximate surface area is 219 Å². The topological polar surface area (TPSA) is 108 Å². The van der Waals surface area contributed by atoms with Crippen LogP contribution in [0, 0.1) is 6.92 Å². The lowest BCUT2D eigenvalue weighted by molar-refractivity contribution is 0.459. The predicted molar refractivity (Wildman–Crippen MR) is 144 cm³/mol. The van der Waals surface area contributed by atoms with Crippen molar-refractivity contribution in [2.75, 3.05) is 6.26 Å². The minimum Gasteiger partial charge on any atom is -0.598 e. The molecule has 10 heteroatoms. The molecule has 0 aliphatic heterocycles. The standard InChI is InChI=1S/C26H28ClN3O4S2/c1-16-10-13-24(36(5,32)33)28-21(16)15-22(30-35(31)26(2,3)4)18-8-6-7-9-19(18)25-20-12-11-17(27)14-23(20)34-29-25/h6-14,22,30H,15H2,1-5H3/t22?,35-/m0/s1. The second-order valence-electron chi connectivity index (χ2n) is 9.70. The second-order valence-corrected chi connectivity index (χ2v) is 14.1. The molecule has 36 heavy (non-hydrogen) atoms. The first kappa shape index (κ1) is 26.6. The number of benzene rings is 2. The van der Waals surface area contributed by atoms with Crippen LogP contribution in [0.2, 0.25) is 5.02 Å². The molecule has 0 radical (unpaired) electrons. The summed E-state index contributed by atoms with van der Waals surface area (Å²) in [6.07, 6.45) is 1.45. The normalized spacial score (nSPS) is 14.2. The van der Waals surface area contributed by atoms with Crippen molar-refractivity contribution in [1.82, 2.24) is 14.9 Å². The minimum atomic E-state index is -3.48. The van der Waals surface area contributed by atoms with Gasteiger partial charge in [-0.05, 0) is 57.0 Å². The number of aromatic nitrogens is 2. The molecule has 1 N–H and O–H groups in total. The summed E-state index contributed by atoms with van der Waals surface area (Å²) >= 11 is 4.71. The maximum absolute atomic E-state index is 13.2. The van der Waals surface area contributed by atoms with Gasteiger partial charge in [-0.3, -0.25) is 0 Å². The maximum Gasteiger partial charge on any atom is 0.192 e. The SMILES string of the molecule is Cc1ccc(S(C)(=O)=O)nc1CC(N[S@@+]([O-])C(C)(C)C)c1ccccc1-c1noc2cc(Cl)ccc12. The summed E-state index contributed by atoms with van der Waals surface area (Å²) in [6.45, 7) is 7.55. The zero-order chi connectivity index (χ0) is 26.3. The van der Waals surface area contributed by atoms with Crippen molar-refractivity contribution in [3.8, 4) is 11.3 Å². The number of nitrogens with one attached hydrogen (secondary N) is 1. The molecule has 190 valence electrons. The van der Waals surface area contributed by atoms with Gasteiger partial charge in [0.15, 0.2) is 20.4 Å². The summed E-state index contributed by atoms with van der Waals surface area (Å²) in [5.41, 5.74) is 4.29. The van der Waals surface area contributed by atoms with E-state index in [1.165, 1.54) is 6.07 Å². The molecule has 0 aliphatic rings. The Kier molecular flexibility index (Phi) is 7.50. The van der Waals surface area contributed by atoms with Crippen molar-refractivity contribution in [2.45, 2.75) is 49.9 Å². The highest BCUT2D eigenvalue weighted by Crippen LogP contribution is 2.36. The van der Waals surface area contributed by atoms with E-state index in [0.717, 1.165) is 28.3 Å². The smallest absolute Gasteiger partial charge is 0.192 e. The largest absolute Gasteiger partial charge is 0.598 e. The number of hydrogen-bond donors (Lipinski definition) is 1. The Balaban J connectivity index is 1.84. The van der Waals surface area contributed by atoms with Gasteiger partial charge in [-0.15, -0.1) is 4.72 Å². The fourth-order valence-corrected chi connectivity index (χ4v) is 5.38. The first-order valence-electron chi connectivity index (χ1n) is 11.3. The fourth-order valence-electron chi connectivity index (χ4n) is 3.80. The number of halogens is 1.